The standard InChI is InChI=1S/C16H11BrN4OS/c1-9-6-11(4-3-5-18)7-10(2)13(9)22-14-12-15(23-8-19-12)21-16(17)20-14/h3-4,6-8H,1-2H3/b4-3+. The second-order valence-corrected chi connectivity index (χ2v) is 6.39. The van der Waals surface area contributed by atoms with Gasteiger partial charge in [-0.05, 0) is 64.7 Å². The molecule has 0 amide bonds. The monoisotopic (exact) mass is 386 g/mol. The first-order valence-corrected chi connectivity index (χ1v) is 8.37. The van der Waals surface area contributed by atoms with Crippen LogP contribution in [-0.4, -0.2) is 15.0 Å². The van der Waals surface area contributed by atoms with E-state index in [1.54, 1.807) is 11.6 Å². The van der Waals surface area contributed by atoms with Crippen LogP contribution in [0, 0.1) is 25.2 Å². The largest absolute Gasteiger partial charge is 0.436 e. The van der Waals surface area contributed by atoms with Crippen LogP contribution in [0.15, 0.2) is 28.5 Å². The number of ether oxygens (including phenoxy) is 1. The second kappa shape index (κ2) is 6.44. The van der Waals surface area contributed by atoms with E-state index in [2.05, 4.69) is 30.9 Å². The molecule has 0 aliphatic rings. The van der Waals surface area contributed by atoms with Gasteiger partial charge in [-0.1, -0.05) is 0 Å². The van der Waals surface area contributed by atoms with Crippen LogP contribution in [0.25, 0.3) is 16.4 Å². The molecule has 2 heterocycles. The number of aryl methyl sites for hydroxylation is 2. The van der Waals surface area contributed by atoms with E-state index in [0.29, 0.717) is 16.1 Å². The molecule has 0 saturated carbocycles. The number of nitriles is 1. The Hall–Kier alpha value is -2.30. The van der Waals surface area contributed by atoms with E-state index in [1.165, 1.54) is 17.4 Å². The Labute approximate surface area is 145 Å². The number of rotatable bonds is 3. The van der Waals surface area contributed by atoms with Gasteiger partial charge in [-0.15, -0.1) is 11.3 Å². The molecular weight excluding hydrogens is 376 g/mol. The fraction of sp³-hybridized carbons (Fsp3) is 0.125. The zero-order valence-electron chi connectivity index (χ0n) is 12.4. The zero-order valence-corrected chi connectivity index (χ0v) is 14.8. The third-order valence-corrected chi connectivity index (χ3v) is 4.24. The molecule has 0 atom stereocenters. The highest BCUT2D eigenvalue weighted by Gasteiger charge is 2.14. The highest BCUT2D eigenvalue weighted by molar-refractivity contribution is 9.10. The smallest absolute Gasteiger partial charge is 0.251 e. The molecule has 0 aliphatic carbocycles. The van der Waals surface area contributed by atoms with Gasteiger partial charge in [0.2, 0.25) is 4.73 Å². The van der Waals surface area contributed by atoms with Crippen molar-refractivity contribution >= 4 is 43.7 Å². The summed E-state index contributed by atoms with van der Waals surface area (Å²) in [4.78, 5) is 13.6. The Bertz CT molecular complexity index is 935. The number of allylic oxidation sites excluding steroid dienone is 1. The maximum Gasteiger partial charge on any atom is 0.251 e. The molecular formula is C16H11BrN4OS. The number of halogens is 1. The van der Waals surface area contributed by atoms with Gasteiger partial charge in [0.15, 0.2) is 10.3 Å². The lowest BCUT2D eigenvalue weighted by molar-refractivity contribution is 0.459. The molecule has 0 fully saturated rings. The molecule has 3 rings (SSSR count). The quantitative estimate of drug-likeness (QED) is 0.477. The summed E-state index contributed by atoms with van der Waals surface area (Å²) in [5, 5.41) is 8.64. The maximum atomic E-state index is 8.64. The van der Waals surface area contributed by atoms with E-state index >= 15 is 0 Å². The van der Waals surface area contributed by atoms with E-state index in [4.69, 9.17) is 10.00 Å². The Kier molecular flexibility index (Phi) is 4.37. The van der Waals surface area contributed by atoms with E-state index in [-0.39, 0.29) is 0 Å². The number of fused-ring (bicyclic) bond motifs is 1. The van der Waals surface area contributed by atoms with Crippen LogP contribution in [0.3, 0.4) is 0 Å². The minimum Gasteiger partial charge on any atom is -0.436 e. The molecule has 114 valence electrons. The minimum absolute atomic E-state index is 0.426. The van der Waals surface area contributed by atoms with Crippen molar-refractivity contribution in [2.24, 2.45) is 0 Å². The SMILES string of the molecule is Cc1cc(/C=C/C#N)cc(C)c1Oc1nc(Br)nc2scnc12. The van der Waals surface area contributed by atoms with Crippen LogP contribution >= 0.6 is 27.3 Å². The lowest BCUT2D eigenvalue weighted by Crippen LogP contribution is -1.96. The van der Waals surface area contributed by atoms with Crippen LogP contribution in [0.1, 0.15) is 16.7 Å². The summed E-state index contributed by atoms with van der Waals surface area (Å²) in [6.45, 7) is 3.92. The van der Waals surface area contributed by atoms with Crippen LogP contribution in [0.4, 0.5) is 0 Å². The predicted octanol–water partition coefficient (Wildman–Crippen LogP) is 4.79. The fourth-order valence-corrected chi connectivity index (χ4v) is 3.36. The van der Waals surface area contributed by atoms with Crippen LogP contribution in [0.2, 0.25) is 0 Å². The van der Waals surface area contributed by atoms with E-state index in [0.717, 1.165) is 27.3 Å². The topological polar surface area (TPSA) is 71.7 Å². The molecule has 7 heteroatoms. The number of hydrogen-bond acceptors (Lipinski definition) is 6. The van der Waals surface area contributed by atoms with Crippen molar-refractivity contribution in [2.75, 3.05) is 0 Å². The fourth-order valence-electron chi connectivity index (χ4n) is 2.25. The van der Waals surface area contributed by atoms with Crippen LogP contribution in [0.5, 0.6) is 11.6 Å². The molecule has 5 nitrogen and oxygen atoms in total. The van der Waals surface area contributed by atoms with Crippen molar-refractivity contribution in [3.8, 4) is 17.7 Å². The highest BCUT2D eigenvalue weighted by Crippen LogP contribution is 2.33. The van der Waals surface area contributed by atoms with Crippen LogP contribution in [-0.2, 0) is 0 Å². The van der Waals surface area contributed by atoms with Crippen molar-refractivity contribution in [3.63, 3.8) is 0 Å². The van der Waals surface area contributed by atoms with Gasteiger partial charge in [-0.2, -0.15) is 10.2 Å². The number of thiazole rings is 1. The first kappa shape index (κ1) is 15.6. The van der Waals surface area contributed by atoms with Gasteiger partial charge in [0, 0.05) is 6.08 Å². The summed E-state index contributed by atoms with van der Waals surface area (Å²) in [5.74, 6) is 1.16. The maximum absolute atomic E-state index is 8.64. The van der Waals surface area contributed by atoms with Crippen molar-refractivity contribution < 1.29 is 4.74 Å². The molecule has 0 aliphatic heterocycles. The number of benzene rings is 1. The van der Waals surface area contributed by atoms with Gasteiger partial charge in [0.25, 0.3) is 5.88 Å². The Morgan fingerprint density at radius 3 is 2.70 bits per heavy atom. The molecule has 3 aromatic rings. The van der Waals surface area contributed by atoms with Crippen molar-refractivity contribution in [2.45, 2.75) is 13.8 Å². The first-order chi connectivity index (χ1) is 11.1. The van der Waals surface area contributed by atoms with E-state index in [9.17, 15) is 0 Å². The van der Waals surface area contributed by atoms with Gasteiger partial charge in [0.05, 0.1) is 11.6 Å². The number of aromatic nitrogens is 3. The summed E-state index contributed by atoms with van der Waals surface area (Å²) >= 11 is 4.73. The summed E-state index contributed by atoms with van der Waals surface area (Å²) < 4.78 is 6.49. The molecule has 23 heavy (non-hydrogen) atoms. The lowest BCUT2D eigenvalue weighted by atomic mass is 10.1. The molecule has 0 radical (unpaired) electrons. The Morgan fingerprint density at radius 2 is 2.00 bits per heavy atom. The third-order valence-electron chi connectivity index (χ3n) is 3.17. The van der Waals surface area contributed by atoms with Gasteiger partial charge in [-0.25, -0.2) is 9.97 Å². The first-order valence-electron chi connectivity index (χ1n) is 6.70. The molecule has 0 spiro atoms. The van der Waals surface area contributed by atoms with Gasteiger partial charge in [-0.3, -0.25) is 0 Å². The number of nitrogens with zero attached hydrogens (tertiary/aromatic N) is 4. The van der Waals surface area contributed by atoms with Gasteiger partial charge in [0.1, 0.15) is 5.75 Å². The molecule has 0 bridgehead atoms. The zero-order chi connectivity index (χ0) is 16.4. The summed E-state index contributed by atoms with van der Waals surface area (Å²) in [5.41, 5.74) is 5.23. The summed E-state index contributed by atoms with van der Waals surface area (Å²) in [6.07, 6.45) is 3.22. The second-order valence-electron chi connectivity index (χ2n) is 4.85. The predicted molar refractivity (Wildman–Crippen MR) is 93.5 cm³/mol. The van der Waals surface area contributed by atoms with Crippen molar-refractivity contribution in [1.29, 1.82) is 5.26 Å². The number of hydrogen-bond donors (Lipinski definition) is 0. The molecule has 0 N–H and O–H groups in total. The lowest BCUT2D eigenvalue weighted by Gasteiger charge is -2.12. The Balaban J connectivity index is 2.04. The normalized spacial score (nSPS) is 11.0. The van der Waals surface area contributed by atoms with Crippen molar-refractivity contribution in [3.05, 3.63) is 45.1 Å². The summed E-state index contributed by atoms with van der Waals surface area (Å²) in [7, 11) is 0. The third kappa shape index (κ3) is 3.23. The highest BCUT2D eigenvalue weighted by atomic mass is 79.9. The molecule has 2 aromatic heterocycles. The Morgan fingerprint density at radius 1 is 1.26 bits per heavy atom. The van der Waals surface area contributed by atoms with Gasteiger partial charge < -0.3 is 4.74 Å². The van der Waals surface area contributed by atoms with E-state index < -0.39 is 0 Å². The minimum atomic E-state index is 0.426. The van der Waals surface area contributed by atoms with E-state index in [1.807, 2.05) is 32.0 Å². The molecule has 1 aromatic carbocycles. The van der Waals surface area contributed by atoms with Gasteiger partial charge >= 0.3 is 0 Å². The van der Waals surface area contributed by atoms with Crippen LogP contribution < -0.4 is 4.74 Å². The molecule has 0 saturated heterocycles. The van der Waals surface area contributed by atoms with Crippen molar-refractivity contribution in [1.82, 2.24) is 15.0 Å². The summed E-state index contributed by atoms with van der Waals surface area (Å²) in [6, 6.07) is 5.92. The molecule has 0 unspecified atom stereocenters. The average Bonchev–Trinajstić information content (AvgIpc) is 2.96. The average molecular weight is 387 g/mol.